The molecule has 1 fully saturated rings. The third kappa shape index (κ3) is 3.29. The van der Waals surface area contributed by atoms with Gasteiger partial charge in [0.2, 0.25) is 0 Å². The number of hydrogen-bond donors (Lipinski definition) is 0. The number of para-hydroxylation sites is 1. The van der Waals surface area contributed by atoms with Crippen LogP contribution in [0.25, 0.3) is 0 Å². The molecular weight excluding hydrogens is 300 g/mol. The normalized spacial score (nSPS) is 21.0. The van der Waals surface area contributed by atoms with E-state index in [9.17, 15) is 0 Å². The number of ether oxygens (including phenoxy) is 1. The number of aryl methyl sites for hydroxylation is 1. The average Bonchev–Trinajstić information content (AvgIpc) is 3.04. The summed E-state index contributed by atoms with van der Waals surface area (Å²) in [6, 6.07) is 18.4. The first kappa shape index (κ1) is 15.2. The van der Waals surface area contributed by atoms with Crippen molar-refractivity contribution in [3.8, 4) is 5.75 Å². The van der Waals surface area contributed by atoms with Crippen LogP contribution in [-0.2, 0) is 4.84 Å². The lowest BCUT2D eigenvalue weighted by Gasteiger charge is -2.39. The molecule has 124 valence electrons. The zero-order valence-corrected chi connectivity index (χ0v) is 13.9. The van der Waals surface area contributed by atoms with Gasteiger partial charge in [0.15, 0.2) is 0 Å². The molecule has 0 bridgehead atoms. The quantitative estimate of drug-likeness (QED) is 0.847. The molecule has 4 rings (SSSR count). The Kier molecular flexibility index (Phi) is 4.22. The molecule has 2 heterocycles. The Labute approximate surface area is 142 Å². The molecule has 1 atom stereocenters. The fourth-order valence-electron chi connectivity index (χ4n) is 3.23. The molecular formula is C20H22N2O2. The predicted octanol–water partition coefficient (Wildman–Crippen LogP) is 3.25. The molecule has 24 heavy (non-hydrogen) atoms. The summed E-state index contributed by atoms with van der Waals surface area (Å²) in [4.78, 5) is 7.98. The number of nitrogens with zero attached hydrogens (tertiary/aromatic N) is 2. The van der Waals surface area contributed by atoms with Crippen molar-refractivity contribution in [2.24, 2.45) is 5.16 Å². The van der Waals surface area contributed by atoms with Crippen LogP contribution in [0.15, 0.2) is 59.8 Å². The standard InChI is InChI=1S/C20H22N2O2/c1-15-7-5-6-10-20(15)23-18-13-22(14-18)12-17-11-19(21-24-17)16-8-3-2-4-9-16/h2-10,17-18H,11-14H2,1H3. The number of benzene rings is 2. The van der Waals surface area contributed by atoms with Crippen molar-refractivity contribution < 1.29 is 9.57 Å². The molecule has 2 aromatic rings. The highest BCUT2D eigenvalue weighted by Crippen LogP contribution is 2.23. The average molecular weight is 322 g/mol. The third-order valence-corrected chi connectivity index (χ3v) is 4.61. The largest absolute Gasteiger partial charge is 0.487 e. The summed E-state index contributed by atoms with van der Waals surface area (Å²) >= 11 is 0. The Morgan fingerprint density at radius 3 is 2.62 bits per heavy atom. The van der Waals surface area contributed by atoms with Gasteiger partial charge in [-0.3, -0.25) is 4.90 Å². The summed E-state index contributed by atoms with van der Waals surface area (Å²) in [6.07, 6.45) is 1.31. The van der Waals surface area contributed by atoms with Crippen LogP contribution in [0.4, 0.5) is 0 Å². The van der Waals surface area contributed by atoms with Crippen LogP contribution < -0.4 is 4.74 Å². The van der Waals surface area contributed by atoms with Gasteiger partial charge in [-0.2, -0.15) is 0 Å². The molecule has 4 nitrogen and oxygen atoms in total. The van der Waals surface area contributed by atoms with Crippen LogP contribution >= 0.6 is 0 Å². The van der Waals surface area contributed by atoms with Crippen molar-refractivity contribution in [1.82, 2.24) is 4.90 Å². The van der Waals surface area contributed by atoms with Crippen LogP contribution in [0, 0.1) is 6.92 Å². The van der Waals surface area contributed by atoms with Crippen molar-refractivity contribution in [2.45, 2.75) is 25.6 Å². The lowest BCUT2D eigenvalue weighted by molar-refractivity contribution is -0.0216. The molecule has 1 saturated heterocycles. The van der Waals surface area contributed by atoms with Crippen LogP contribution in [0.5, 0.6) is 5.75 Å². The van der Waals surface area contributed by atoms with Crippen molar-refractivity contribution >= 4 is 5.71 Å². The summed E-state index contributed by atoms with van der Waals surface area (Å²) in [7, 11) is 0. The Balaban J connectivity index is 1.23. The fraction of sp³-hybridized carbons (Fsp3) is 0.350. The number of oxime groups is 1. The molecule has 0 aliphatic carbocycles. The Bertz CT molecular complexity index is 723. The smallest absolute Gasteiger partial charge is 0.145 e. The molecule has 4 heteroatoms. The Morgan fingerprint density at radius 2 is 1.83 bits per heavy atom. The SMILES string of the molecule is Cc1ccccc1OC1CN(CC2CC(c3ccccc3)=NO2)C1. The molecule has 0 amide bonds. The molecule has 0 saturated carbocycles. The van der Waals surface area contributed by atoms with Crippen molar-refractivity contribution in [2.75, 3.05) is 19.6 Å². The van der Waals surface area contributed by atoms with Gasteiger partial charge in [0.1, 0.15) is 18.0 Å². The van der Waals surface area contributed by atoms with Gasteiger partial charge in [0.25, 0.3) is 0 Å². The molecule has 0 aromatic heterocycles. The molecule has 1 unspecified atom stereocenters. The van der Waals surface area contributed by atoms with Gasteiger partial charge in [-0.1, -0.05) is 53.7 Å². The lowest BCUT2D eigenvalue weighted by Crippen LogP contribution is -2.55. The minimum absolute atomic E-state index is 0.152. The van der Waals surface area contributed by atoms with Crippen LogP contribution in [0.2, 0.25) is 0 Å². The highest BCUT2D eigenvalue weighted by molar-refractivity contribution is 6.01. The summed E-state index contributed by atoms with van der Waals surface area (Å²) in [5.74, 6) is 0.994. The second-order valence-corrected chi connectivity index (χ2v) is 6.56. The first-order valence-corrected chi connectivity index (χ1v) is 8.50. The van der Waals surface area contributed by atoms with Gasteiger partial charge in [0.05, 0.1) is 5.71 Å². The number of likely N-dealkylation sites (tertiary alicyclic amines) is 1. The minimum Gasteiger partial charge on any atom is -0.487 e. The molecule has 2 aliphatic rings. The van der Waals surface area contributed by atoms with Gasteiger partial charge < -0.3 is 9.57 Å². The Hall–Kier alpha value is -2.33. The zero-order chi connectivity index (χ0) is 16.4. The van der Waals surface area contributed by atoms with Crippen molar-refractivity contribution in [3.63, 3.8) is 0 Å². The van der Waals surface area contributed by atoms with E-state index in [4.69, 9.17) is 9.57 Å². The number of hydrogen-bond acceptors (Lipinski definition) is 4. The molecule has 2 aromatic carbocycles. The van der Waals surface area contributed by atoms with Gasteiger partial charge in [0, 0.05) is 26.1 Å². The first-order chi connectivity index (χ1) is 11.8. The van der Waals surface area contributed by atoms with Gasteiger partial charge in [-0.05, 0) is 24.1 Å². The third-order valence-electron chi connectivity index (χ3n) is 4.61. The van der Waals surface area contributed by atoms with E-state index >= 15 is 0 Å². The maximum atomic E-state index is 6.06. The fourth-order valence-corrected chi connectivity index (χ4v) is 3.23. The minimum atomic E-state index is 0.152. The summed E-state index contributed by atoms with van der Waals surface area (Å²) in [5.41, 5.74) is 3.40. The second-order valence-electron chi connectivity index (χ2n) is 6.56. The molecule has 0 radical (unpaired) electrons. The van der Waals surface area contributed by atoms with Gasteiger partial charge in [-0.15, -0.1) is 0 Å². The predicted molar refractivity (Wildman–Crippen MR) is 94.5 cm³/mol. The maximum absolute atomic E-state index is 6.06. The monoisotopic (exact) mass is 322 g/mol. The van der Waals surface area contributed by atoms with E-state index in [0.29, 0.717) is 0 Å². The highest BCUT2D eigenvalue weighted by atomic mass is 16.6. The van der Waals surface area contributed by atoms with E-state index in [2.05, 4.69) is 35.2 Å². The zero-order valence-electron chi connectivity index (χ0n) is 13.9. The van der Waals surface area contributed by atoms with Crippen LogP contribution in [0.1, 0.15) is 17.5 Å². The highest BCUT2D eigenvalue weighted by Gasteiger charge is 2.33. The van der Waals surface area contributed by atoms with Gasteiger partial charge >= 0.3 is 0 Å². The van der Waals surface area contributed by atoms with Crippen molar-refractivity contribution in [3.05, 3.63) is 65.7 Å². The van der Waals surface area contributed by atoms with Gasteiger partial charge in [-0.25, -0.2) is 0 Å². The maximum Gasteiger partial charge on any atom is 0.145 e. The summed E-state index contributed by atoms with van der Waals surface area (Å²) in [6.45, 7) is 4.90. The number of rotatable bonds is 5. The van der Waals surface area contributed by atoms with Crippen LogP contribution in [-0.4, -0.2) is 42.5 Å². The Morgan fingerprint density at radius 1 is 1.08 bits per heavy atom. The molecule has 2 aliphatic heterocycles. The summed E-state index contributed by atoms with van der Waals surface area (Å²) < 4.78 is 6.06. The van der Waals surface area contributed by atoms with E-state index in [-0.39, 0.29) is 12.2 Å². The van der Waals surface area contributed by atoms with E-state index in [1.807, 2.05) is 36.4 Å². The first-order valence-electron chi connectivity index (χ1n) is 8.50. The molecule has 0 spiro atoms. The molecule has 0 N–H and O–H groups in total. The van der Waals surface area contributed by atoms with E-state index in [1.54, 1.807) is 0 Å². The topological polar surface area (TPSA) is 34.1 Å². The van der Waals surface area contributed by atoms with E-state index in [1.165, 1.54) is 5.56 Å². The lowest BCUT2D eigenvalue weighted by atomic mass is 10.0. The van der Waals surface area contributed by atoms with Crippen molar-refractivity contribution in [1.29, 1.82) is 0 Å². The van der Waals surface area contributed by atoms with E-state index in [0.717, 1.165) is 43.1 Å². The second kappa shape index (κ2) is 6.65. The van der Waals surface area contributed by atoms with Crippen LogP contribution in [0.3, 0.4) is 0 Å². The summed E-state index contributed by atoms with van der Waals surface area (Å²) in [5, 5.41) is 4.26. The van der Waals surface area contributed by atoms with E-state index < -0.39 is 0 Å².